The topological polar surface area (TPSA) is 3.24 Å². The lowest BCUT2D eigenvalue weighted by molar-refractivity contribution is 0.305. The molecule has 0 saturated heterocycles. The van der Waals surface area contributed by atoms with Crippen molar-refractivity contribution in [2.45, 2.75) is 25.2 Å². The van der Waals surface area contributed by atoms with Gasteiger partial charge in [0.25, 0.3) is 0 Å². The molecule has 2 heteroatoms. The van der Waals surface area contributed by atoms with Gasteiger partial charge < -0.3 is 4.90 Å². The summed E-state index contributed by atoms with van der Waals surface area (Å²) in [5.74, 6) is 1.22. The molecule has 0 aliphatic carbocycles. The third-order valence-corrected chi connectivity index (χ3v) is 3.62. The summed E-state index contributed by atoms with van der Waals surface area (Å²) < 4.78 is 0. The second-order valence-electron chi connectivity index (χ2n) is 3.54. The van der Waals surface area contributed by atoms with Gasteiger partial charge in [0.15, 0.2) is 0 Å². The fraction of sp³-hybridized carbons (Fsp3) is 0.538. The van der Waals surface area contributed by atoms with Gasteiger partial charge in [-0.25, -0.2) is 0 Å². The lowest BCUT2D eigenvalue weighted by Gasteiger charge is -2.17. The van der Waals surface area contributed by atoms with Crippen LogP contribution in [-0.2, 0) is 0 Å². The van der Waals surface area contributed by atoms with Gasteiger partial charge >= 0.3 is 0 Å². The number of benzene rings is 1. The second kappa shape index (κ2) is 7.77. The van der Waals surface area contributed by atoms with E-state index in [1.54, 1.807) is 0 Å². The Morgan fingerprint density at radius 3 is 2.33 bits per heavy atom. The van der Waals surface area contributed by atoms with Gasteiger partial charge in [-0.15, -0.1) is 11.8 Å². The molecule has 0 saturated carbocycles. The largest absolute Gasteiger partial charge is 0.304 e. The van der Waals surface area contributed by atoms with Crippen LogP contribution in [0.1, 0.15) is 20.3 Å². The molecule has 0 radical (unpaired) electrons. The van der Waals surface area contributed by atoms with Gasteiger partial charge in [0.2, 0.25) is 0 Å². The number of hydrogen-bond acceptors (Lipinski definition) is 2. The first kappa shape index (κ1) is 12.6. The third-order valence-electron chi connectivity index (χ3n) is 2.53. The molecule has 0 aliphatic rings. The summed E-state index contributed by atoms with van der Waals surface area (Å²) in [5.41, 5.74) is 0. The Kier molecular flexibility index (Phi) is 6.53. The van der Waals surface area contributed by atoms with Crippen molar-refractivity contribution in [2.24, 2.45) is 0 Å². The molecule has 0 atom stereocenters. The minimum atomic E-state index is 1.17. The quantitative estimate of drug-likeness (QED) is 0.514. The number of rotatable bonds is 7. The molecule has 0 aliphatic heterocycles. The molecule has 1 rings (SSSR count). The van der Waals surface area contributed by atoms with Gasteiger partial charge in [-0.05, 0) is 43.9 Å². The molecule has 0 amide bonds. The number of thioether (sulfide) groups is 1. The van der Waals surface area contributed by atoms with E-state index in [1.807, 2.05) is 11.8 Å². The van der Waals surface area contributed by atoms with E-state index in [9.17, 15) is 0 Å². The van der Waals surface area contributed by atoms with Crippen molar-refractivity contribution in [3.05, 3.63) is 30.3 Å². The van der Waals surface area contributed by atoms with Crippen LogP contribution in [-0.4, -0.2) is 30.3 Å². The Bertz CT molecular complexity index is 244. The summed E-state index contributed by atoms with van der Waals surface area (Å²) >= 11 is 1.96. The first-order chi connectivity index (χ1) is 7.36. The Morgan fingerprint density at radius 1 is 1.07 bits per heavy atom. The van der Waals surface area contributed by atoms with Crippen LogP contribution in [0.5, 0.6) is 0 Å². The van der Waals surface area contributed by atoms with Gasteiger partial charge in [0.1, 0.15) is 0 Å². The highest BCUT2D eigenvalue weighted by molar-refractivity contribution is 7.99. The molecule has 1 nitrogen and oxygen atoms in total. The van der Waals surface area contributed by atoms with Crippen molar-refractivity contribution >= 4 is 11.8 Å². The molecule has 1 aromatic carbocycles. The van der Waals surface area contributed by atoms with E-state index >= 15 is 0 Å². The standard InChI is InChI=1S/C13H21NS/c1-3-14(4-2)11-8-12-15-13-9-6-5-7-10-13/h5-7,9-10H,3-4,8,11-12H2,1-2H3. The van der Waals surface area contributed by atoms with E-state index in [1.165, 1.54) is 36.7 Å². The maximum atomic E-state index is 2.48. The fourth-order valence-electron chi connectivity index (χ4n) is 1.53. The van der Waals surface area contributed by atoms with Crippen LogP contribution < -0.4 is 0 Å². The SMILES string of the molecule is CCN(CC)CCCSc1ccccc1. The zero-order valence-electron chi connectivity index (χ0n) is 9.78. The van der Waals surface area contributed by atoms with Crippen molar-refractivity contribution in [3.8, 4) is 0 Å². The zero-order valence-corrected chi connectivity index (χ0v) is 10.6. The van der Waals surface area contributed by atoms with Crippen molar-refractivity contribution in [1.82, 2.24) is 4.90 Å². The van der Waals surface area contributed by atoms with Crippen LogP contribution >= 0.6 is 11.8 Å². The van der Waals surface area contributed by atoms with Crippen molar-refractivity contribution in [3.63, 3.8) is 0 Å². The van der Waals surface area contributed by atoms with Crippen molar-refractivity contribution in [1.29, 1.82) is 0 Å². The van der Waals surface area contributed by atoms with Crippen LogP contribution in [0.3, 0.4) is 0 Å². The van der Waals surface area contributed by atoms with Gasteiger partial charge in [-0.3, -0.25) is 0 Å². The number of nitrogens with zero attached hydrogens (tertiary/aromatic N) is 1. The minimum Gasteiger partial charge on any atom is -0.304 e. The highest BCUT2D eigenvalue weighted by Gasteiger charge is 1.98. The molecule has 0 heterocycles. The molecule has 0 aromatic heterocycles. The van der Waals surface area contributed by atoms with Crippen LogP contribution in [0.15, 0.2) is 35.2 Å². The Hall–Kier alpha value is -0.470. The normalized spacial score (nSPS) is 10.9. The third kappa shape index (κ3) is 5.24. The molecule has 0 unspecified atom stereocenters. The Balaban J connectivity index is 2.12. The van der Waals surface area contributed by atoms with E-state index < -0.39 is 0 Å². The van der Waals surface area contributed by atoms with Crippen LogP contribution in [0.25, 0.3) is 0 Å². The van der Waals surface area contributed by atoms with Crippen molar-refractivity contribution < 1.29 is 0 Å². The maximum Gasteiger partial charge on any atom is 0.00719 e. The molecule has 15 heavy (non-hydrogen) atoms. The summed E-state index contributed by atoms with van der Waals surface area (Å²) in [7, 11) is 0. The van der Waals surface area contributed by atoms with Crippen LogP contribution in [0.2, 0.25) is 0 Å². The van der Waals surface area contributed by atoms with E-state index in [0.29, 0.717) is 0 Å². The predicted octanol–water partition coefficient (Wildman–Crippen LogP) is 3.51. The molecule has 84 valence electrons. The van der Waals surface area contributed by atoms with E-state index in [0.717, 1.165) is 0 Å². The Labute approximate surface area is 97.9 Å². The van der Waals surface area contributed by atoms with E-state index in [-0.39, 0.29) is 0 Å². The summed E-state index contributed by atoms with van der Waals surface area (Å²) in [6, 6.07) is 10.6. The molecule has 0 spiro atoms. The predicted molar refractivity (Wildman–Crippen MR) is 69.6 cm³/mol. The maximum absolute atomic E-state index is 2.48. The first-order valence-electron chi connectivity index (χ1n) is 5.77. The van der Waals surface area contributed by atoms with Gasteiger partial charge in [-0.2, -0.15) is 0 Å². The van der Waals surface area contributed by atoms with Crippen LogP contribution in [0, 0.1) is 0 Å². The molecule has 0 N–H and O–H groups in total. The highest BCUT2D eigenvalue weighted by atomic mass is 32.2. The Morgan fingerprint density at radius 2 is 1.73 bits per heavy atom. The highest BCUT2D eigenvalue weighted by Crippen LogP contribution is 2.17. The molecule has 1 aromatic rings. The average molecular weight is 223 g/mol. The van der Waals surface area contributed by atoms with Gasteiger partial charge in [0, 0.05) is 4.90 Å². The number of hydrogen-bond donors (Lipinski definition) is 0. The van der Waals surface area contributed by atoms with E-state index in [2.05, 4.69) is 49.1 Å². The molecular weight excluding hydrogens is 202 g/mol. The first-order valence-corrected chi connectivity index (χ1v) is 6.75. The van der Waals surface area contributed by atoms with Gasteiger partial charge in [-0.1, -0.05) is 32.0 Å². The summed E-state index contributed by atoms with van der Waals surface area (Å²) in [4.78, 5) is 3.86. The lowest BCUT2D eigenvalue weighted by Crippen LogP contribution is -2.24. The summed E-state index contributed by atoms with van der Waals surface area (Å²) in [6.45, 7) is 8.04. The average Bonchev–Trinajstić information content (AvgIpc) is 2.31. The second-order valence-corrected chi connectivity index (χ2v) is 4.71. The van der Waals surface area contributed by atoms with E-state index in [4.69, 9.17) is 0 Å². The fourth-order valence-corrected chi connectivity index (χ4v) is 2.39. The summed E-state index contributed by atoms with van der Waals surface area (Å²) in [6.07, 6.45) is 1.28. The molecular formula is C13H21NS. The molecule has 0 fully saturated rings. The zero-order chi connectivity index (χ0) is 10.9. The van der Waals surface area contributed by atoms with Crippen LogP contribution in [0.4, 0.5) is 0 Å². The summed E-state index contributed by atoms with van der Waals surface area (Å²) in [5, 5.41) is 0. The smallest absolute Gasteiger partial charge is 0.00719 e. The minimum absolute atomic E-state index is 1.17. The van der Waals surface area contributed by atoms with Gasteiger partial charge in [0.05, 0.1) is 0 Å². The monoisotopic (exact) mass is 223 g/mol. The van der Waals surface area contributed by atoms with Crippen molar-refractivity contribution in [2.75, 3.05) is 25.4 Å². The molecule has 0 bridgehead atoms. The lowest BCUT2D eigenvalue weighted by atomic mass is 10.4.